The minimum atomic E-state index is -0.217. The molecule has 1 aromatic rings. The Labute approximate surface area is 114 Å². The molecule has 0 radical (unpaired) electrons. The molecule has 0 heterocycles. The van der Waals surface area contributed by atoms with E-state index in [9.17, 15) is 0 Å². The van der Waals surface area contributed by atoms with Crippen molar-refractivity contribution in [2.24, 2.45) is 0 Å². The number of benzene rings is 1. The van der Waals surface area contributed by atoms with Crippen LogP contribution >= 0.6 is 15.9 Å². The first-order chi connectivity index (χ1) is 8.03. The van der Waals surface area contributed by atoms with Crippen LogP contribution in [0.3, 0.4) is 0 Å². The quantitative estimate of drug-likeness (QED) is 0.682. The molecule has 0 bridgehead atoms. The zero-order valence-corrected chi connectivity index (χ0v) is 12.9. The van der Waals surface area contributed by atoms with Gasteiger partial charge in [-0.25, -0.2) is 0 Å². The van der Waals surface area contributed by atoms with Crippen molar-refractivity contribution in [3.63, 3.8) is 0 Å². The summed E-state index contributed by atoms with van der Waals surface area (Å²) in [7, 11) is 0. The Morgan fingerprint density at radius 1 is 1.24 bits per heavy atom. The van der Waals surface area contributed by atoms with Crippen molar-refractivity contribution in [3.8, 4) is 0 Å². The van der Waals surface area contributed by atoms with E-state index in [1.807, 2.05) is 0 Å². The summed E-state index contributed by atoms with van der Waals surface area (Å²) >= 11 is 3.56. The summed E-state index contributed by atoms with van der Waals surface area (Å²) in [6.07, 6.45) is 1.05. The topological polar surface area (TPSA) is 9.23 Å². The Bertz CT molecular complexity index is 331. The number of hydrogen-bond acceptors (Lipinski definition) is 1. The first-order valence-electron chi connectivity index (χ1n) is 6.34. The summed E-state index contributed by atoms with van der Waals surface area (Å²) in [4.78, 5) is 0. The van der Waals surface area contributed by atoms with E-state index < -0.39 is 0 Å². The Morgan fingerprint density at radius 3 is 2.24 bits per heavy atom. The molecule has 1 atom stereocenters. The number of rotatable bonds is 6. The van der Waals surface area contributed by atoms with Crippen molar-refractivity contribution in [1.29, 1.82) is 0 Å². The highest BCUT2D eigenvalue weighted by atomic mass is 79.9. The van der Waals surface area contributed by atoms with Gasteiger partial charge in [0.2, 0.25) is 0 Å². The third-order valence-corrected chi connectivity index (χ3v) is 4.14. The van der Waals surface area contributed by atoms with E-state index in [-0.39, 0.29) is 5.60 Å². The zero-order valence-electron chi connectivity index (χ0n) is 11.3. The highest BCUT2D eigenvalue weighted by Gasteiger charge is 2.25. The minimum absolute atomic E-state index is 0.217. The molecule has 1 aromatic carbocycles. The highest BCUT2D eigenvalue weighted by Crippen LogP contribution is 2.29. The van der Waals surface area contributed by atoms with Gasteiger partial charge in [-0.05, 0) is 30.4 Å². The summed E-state index contributed by atoms with van der Waals surface area (Å²) in [6.45, 7) is 9.50. The van der Waals surface area contributed by atoms with Crippen LogP contribution in [-0.4, -0.2) is 11.9 Å². The van der Waals surface area contributed by atoms with Crippen molar-refractivity contribution >= 4 is 15.9 Å². The van der Waals surface area contributed by atoms with Gasteiger partial charge < -0.3 is 4.74 Å². The molecule has 0 aliphatic heterocycles. The van der Waals surface area contributed by atoms with Gasteiger partial charge in [-0.15, -0.1) is 0 Å². The summed E-state index contributed by atoms with van der Waals surface area (Å²) in [5.74, 6) is 0.579. The van der Waals surface area contributed by atoms with Crippen molar-refractivity contribution in [2.75, 3.05) is 11.9 Å². The molecule has 0 fully saturated rings. The molecule has 0 saturated heterocycles. The first kappa shape index (κ1) is 14.7. The minimum Gasteiger partial charge on any atom is -0.370 e. The van der Waals surface area contributed by atoms with Gasteiger partial charge in [0.15, 0.2) is 0 Å². The van der Waals surface area contributed by atoms with Gasteiger partial charge in [-0.3, -0.25) is 0 Å². The van der Waals surface area contributed by atoms with E-state index in [2.05, 4.69) is 67.9 Å². The Kier molecular flexibility index (Phi) is 5.68. The van der Waals surface area contributed by atoms with Crippen LogP contribution in [0.15, 0.2) is 24.3 Å². The van der Waals surface area contributed by atoms with Crippen molar-refractivity contribution in [3.05, 3.63) is 35.4 Å². The smallest absolute Gasteiger partial charge is 0.0999 e. The van der Waals surface area contributed by atoms with E-state index >= 15 is 0 Å². The van der Waals surface area contributed by atoms with Crippen LogP contribution in [0.4, 0.5) is 0 Å². The second kappa shape index (κ2) is 6.55. The summed E-state index contributed by atoms with van der Waals surface area (Å²) in [6, 6.07) is 8.78. The fraction of sp³-hybridized carbons (Fsp3) is 0.600. The standard InChI is InChI=1S/C15H23BrO/c1-5-10-17-15(4,11-16)14-8-6-13(7-9-14)12(2)3/h6-9,12H,5,10-11H2,1-4H3. The molecule has 0 amide bonds. The molecule has 0 aliphatic carbocycles. The number of halogens is 1. The Balaban J connectivity index is 2.88. The van der Waals surface area contributed by atoms with Crippen molar-refractivity contribution in [2.45, 2.75) is 45.6 Å². The van der Waals surface area contributed by atoms with Crippen LogP contribution in [0.2, 0.25) is 0 Å². The average Bonchev–Trinajstić information content (AvgIpc) is 2.36. The molecule has 1 nitrogen and oxygen atoms in total. The molecule has 0 saturated carbocycles. The highest BCUT2D eigenvalue weighted by molar-refractivity contribution is 9.09. The molecular formula is C15H23BrO. The number of hydrogen-bond donors (Lipinski definition) is 0. The lowest BCUT2D eigenvalue weighted by molar-refractivity contribution is -0.0163. The second-order valence-corrected chi connectivity index (χ2v) is 5.55. The van der Waals surface area contributed by atoms with Gasteiger partial charge in [0, 0.05) is 11.9 Å². The monoisotopic (exact) mass is 298 g/mol. The van der Waals surface area contributed by atoms with Gasteiger partial charge in [0.05, 0.1) is 5.60 Å². The van der Waals surface area contributed by atoms with Crippen LogP contribution in [-0.2, 0) is 10.3 Å². The Morgan fingerprint density at radius 2 is 1.82 bits per heavy atom. The van der Waals surface area contributed by atoms with E-state index in [1.54, 1.807) is 0 Å². The van der Waals surface area contributed by atoms with E-state index in [0.29, 0.717) is 5.92 Å². The van der Waals surface area contributed by atoms with E-state index in [4.69, 9.17) is 4.74 Å². The predicted octanol–water partition coefficient (Wildman–Crippen LogP) is 4.85. The van der Waals surface area contributed by atoms with Gasteiger partial charge >= 0.3 is 0 Å². The van der Waals surface area contributed by atoms with Gasteiger partial charge in [-0.1, -0.05) is 61.0 Å². The summed E-state index contributed by atoms with van der Waals surface area (Å²) in [5, 5.41) is 0.820. The molecular weight excluding hydrogens is 276 g/mol. The van der Waals surface area contributed by atoms with Crippen molar-refractivity contribution in [1.82, 2.24) is 0 Å². The van der Waals surface area contributed by atoms with E-state index in [0.717, 1.165) is 18.4 Å². The SMILES string of the molecule is CCCOC(C)(CBr)c1ccc(C(C)C)cc1. The van der Waals surface area contributed by atoms with Crippen LogP contribution < -0.4 is 0 Å². The van der Waals surface area contributed by atoms with Gasteiger partial charge in [0.1, 0.15) is 0 Å². The third-order valence-electron chi connectivity index (χ3n) is 3.07. The fourth-order valence-corrected chi connectivity index (χ4v) is 2.23. The maximum absolute atomic E-state index is 5.97. The predicted molar refractivity (Wildman–Crippen MR) is 77.9 cm³/mol. The lowest BCUT2D eigenvalue weighted by Crippen LogP contribution is -2.28. The fourth-order valence-electron chi connectivity index (χ4n) is 1.75. The molecule has 0 aromatic heterocycles. The molecule has 0 aliphatic rings. The van der Waals surface area contributed by atoms with Crippen molar-refractivity contribution < 1.29 is 4.74 Å². The number of alkyl halides is 1. The lowest BCUT2D eigenvalue weighted by atomic mass is 9.94. The van der Waals surface area contributed by atoms with E-state index in [1.165, 1.54) is 11.1 Å². The van der Waals surface area contributed by atoms with Crippen LogP contribution in [0.5, 0.6) is 0 Å². The normalized spacial score (nSPS) is 14.9. The molecule has 0 spiro atoms. The maximum atomic E-state index is 5.97. The molecule has 96 valence electrons. The average molecular weight is 299 g/mol. The zero-order chi connectivity index (χ0) is 12.9. The molecule has 1 unspecified atom stereocenters. The second-order valence-electron chi connectivity index (χ2n) is 4.99. The lowest BCUT2D eigenvalue weighted by Gasteiger charge is -2.28. The summed E-state index contributed by atoms with van der Waals surface area (Å²) < 4.78 is 5.97. The largest absolute Gasteiger partial charge is 0.370 e. The molecule has 0 N–H and O–H groups in total. The summed E-state index contributed by atoms with van der Waals surface area (Å²) in [5.41, 5.74) is 2.40. The molecule has 2 heteroatoms. The van der Waals surface area contributed by atoms with Gasteiger partial charge in [-0.2, -0.15) is 0 Å². The molecule has 1 rings (SSSR count). The third kappa shape index (κ3) is 3.82. The maximum Gasteiger partial charge on any atom is 0.0999 e. The van der Waals surface area contributed by atoms with Crippen LogP contribution in [0, 0.1) is 0 Å². The van der Waals surface area contributed by atoms with Gasteiger partial charge in [0.25, 0.3) is 0 Å². The molecule has 17 heavy (non-hydrogen) atoms. The van der Waals surface area contributed by atoms with Crippen LogP contribution in [0.25, 0.3) is 0 Å². The Hall–Kier alpha value is -0.340. The van der Waals surface area contributed by atoms with Crippen LogP contribution in [0.1, 0.15) is 51.2 Å². The number of ether oxygens (including phenoxy) is 1. The first-order valence-corrected chi connectivity index (χ1v) is 7.46.